The number of hydrogen-bond acceptors (Lipinski definition) is 5. The second-order valence-corrected chi connectivity index (χ2v) is 7.70. The number of nitrogens with one attached hydrogen (secondary N) is 1. The van der Waals surface area contributed by atoms with E-state index in [1.54, 1.807) is 36.0 Å². The van der Waals surface area contributed by atoms with Crippen molar-refractivity contribution in [2.24, 2.45) is 7.05 Å². The van der Waals surface area contributed by atoms with Crippen LogP contribution in [0.15, 0.2) is 53.7 Å². The molecular weight excluding hydrogens is 362 g/mol. The average Bonchev–Trinajstić information content (AvgIpc) is 3.07. The molecule has 0 aliphatic rings. The van der Waals surface area contributed by atoms with Crippen LogP contribution in [0.4, 0.5) is 5.69 Å². The van der Waals surface area contributed by atoms with Gasteiger partial charge in [0.15, 0.2) is 5.69 Å². The highest BCUT2D eigenvalue weighted by Gasteiger charge is 2.16. The molecule has 8 heteroatoms. The van der Waals surface area contributed by atoms with Crippen molar-refractivity contribution in [1.29, 1.82) is 10.5 Å². The van der Waals surface area contributed by atoms with Crippen LogP contribution in [0.2, 0.25) is 0 Å². The number of rotatable bonds is 4. The van der Waals surface area contributed by atoms with Crippen molar-refractivity contribution < 1.29 is 8.42 Å². The van der Waals surface area contributed by atoms with E-state index in [0.717, 1.165) is 5.56 Å². The minimum absolute atomic E-state index is 0.0305. The molecule has 0 unspecified atom stereocenters. The molecule has 0 spiro atoms. The number of nitrogens with zero attached hydrogens (tertiary/aromatic N) is 4. The van der Waals surface area contributed by atoms with E-state index in [2.05, 4.69) is 9.71 Å². The minimum Gasteiger partial charge on any atom is -0.356 e. The van der Waals surface area contributed by atoms with E-state index in [9.17, 15) is 8.42 Å². The first-order valence-electron chi connectivity index (χ1n) is 7.90. The van der Waals surface area contributed by atoms with Gasteiger partial charge in [-0.05, 0) is 48.9 Å². The smallest absolute Gasteiger partial charge is 0.263 e. The van der Waals surface area contributed by atoms with Crippen molar-refractivity contribution in [2.45, 2.75) is 11.8 Å². The molecule has 0 atom stereocenters. The normalized spacial score (nSPS) is 10.8. The van der Waals surface area contributed by atoms with Gasteiger partial charge in [0, 0.05) is 30.7 Å². The second-order valence-electron chi connectivity index (χ2n) is 6.02. The topological polar surface area (TPSA) is 112 Å². The summed E-state index contributed by atoms with van der Waals surface area (Å²) in [6.07, 6.45) is 3.17. The Morgan fingerprint density at radius 3 is 2.52 bits per heavy atom. The Morgan fingerprint density at radius 2 is 1.89 bits per heavy atom. The summed E-state index contributed by atoms with van der Waals surface area (Å²) >= 11 is 0. The highest BCUT2D eigenvalue weighted by Crippen LogP contribution is 2.26. The van der Waals surface area contributed by atoms with Gasteiger partial charge in [0.05, 0.1) is 11.3 Å². The summed E-state index contributed by atoms with van der Waals surface area (Å²) in [7, 11) is -1.98. The molecule has 1 N–H and O–H groups in total. The van der Waals surface area contributed by atoms with Crippen LogP contribution < -0.4 is 4.72 Å². The Kier molecular flexibility index (Phi) is 4.68. The third kappa shape index (κ3) is 3.81. The number of anilines is 1. The van der Waals surface area contributed by atoms with Gasteiger partial charge in [0.25, 0.3) is 10.0 Å². The summed E-state index contributed by atoms with van der Waals surface area (Å²) in [5.41, 5.74) is 2.56. The predicted molar refractivity (Wildman–Crippen MR) is 100 cm³/mol. The third-order valence-electron chi connectivity index (χ3n) is 3.86. The van der Waals surface area contributed by atoms with Gasteiger partial charge in [-0.2, -0.15) is 10.5 Å². The maximum absolute atomic E-state index is 12.5. The summed E-state index contributed by atoms with van der Waals surface area (Å²) < 4.78 is 29.3. The lowest BCUT2D eigenvalue weighted by Crippen LogP contribution is -2.12. The number of benzene rings is 1. The van der Waals surface area contributed by atoms with Gasteiger partial charge in [0.1, 0.15) is 17.0 Å². The van der Waals surface area contributed by atoms with Crippen molar-refractivity contribution in [2.75, 3.05) is 4.72 Å². The monoisotopic (exact) mass is 377 g/mol. The fourth-order valence-electron chi connectivity index (χ4n) is 2.64. The zero-order valence-corrected chi connectivity index (χ0v) is 15.4. The zero-order chi connectivity index (χ0) is 19.6. The number of aryl methyl sites for hydroxylation is 2. The number of sulfonamides is 1. The Balaban J connectivity index is 2.01. The Bertz CT molecular complexity index is 1210. The molecule has 0 saturated heterocycles. The second kappa shape index (κ2) is 6.94. The molecule has 2 aromatic heterocycles. The minimum atomic E-state index is -3.72. The van der Waals surface area contributed by atoms with Crippen molar-refractivity contribution in [3.8, 4) is 23.4 Å². The van der Waals surface area contributed by atoms with Gasteiger partial charge >= 0.3 is 0 Å². The van der Waals surface area contributed by atoms with Crippen LogP contribution in [0.3, 0.4) is 0 Å². The van der Waals surface area contributed by atoms with Gasteiger partial charge in [-0.1, -0.05) is 0 Å². The maximum atomic E-state index is 12.5. The van der Waals surface area contributed by atoms with Crippen LogP contribution in [0.1, 0.15) is 16.8 Å². The first-order chi connectivity index (χ1) is 12.8. The Morgan fingerprint density at radius 1 is 1.11 bits per heavy atom. The molecule has 3 rings (SSSR count). The average molecular weight is 377 g/mol. The summed E-state index contributed by atoms with van der Waals surface area (Å²) in [6.45, 7) is 1.83. The molecule has 134 valence electrons. The highest BCUT2D eigenvalue weighted by molar-refractivity contribution is 7.92. The molecule has 0 aliphatic heterocycles. The van der Waals surface area contributed by atoms with Gasteiger partial charge in [-0.15, -0.1) is 0 Å². The molecular formula is C19H15N5O2S. The summed E-state index contributed by atoms with van der Waals surface area (Å²) in [4.78, 5) is 4.37. The first kappa shape index (κ1) is 18.2. The highest BCUT2D eigenvalue weighted by atomic mass is 32.2. The standard InChI is InChI=1S/C19H15N5O2S/c1-13-7-15(18-4-3-14(10-20)19(11-21)22-18)9-16(8-13)23-27(25,26)17-5-6-24(2)12-17/h3-9,12,23H,1-2H3. The number of pyridine rings is 1. The largest absolute Gasteiger partial charge is 0.356 e. The van der Waals surface area contributed by atoms with Crippen molar-refractivity contribution in [3.63, 3.8) is 0 Å². The number of hydrogen-bond donors (Lipinski definition) is 1. The van der Waals surface area contributed by atoms with Gasteiger partial charge in [0.2, 0.25) is 0 Å². The van der Waals surface area contributed by atoms with E-state index in [1.807, 2.05) is 25.1 Å². The van der Waals surface area contributed by atoms with Crippen molar-refractivity contribution in [3.05, 3.63) is 65.6 Å². The zero-order valence-electron chi connectivity index (χ0n) is 14.6. The number of aromatic nitrogens is 2. The van der Waals surface area contributed by atoms with E-state index in [4.69, 9.17) is 10.5 Å². The van der Waals surface area contributed by atoms with Gasteiger partial charge < -0.3 is 4.57 Å². The number of nitriles is 2. The lowest BCUT2D eigenvalue weighted by atomic mass is 10.1. The third-order valence-corrected chi connectivity index (χ3v) is 5.23. The van der Waals surface area contributed by atoms with E-state index in [0.29, 0.717) is 16.9 Å². The quantitative estimate of drug-likeness (QED) is 0.751. The van der Waals surface area contributed by atoms with Crippen LogP contribution in [0.5, 0.6) is 0 Å². The molecule has 0 radical (unpaired) electrons. The molecule has 7 nitrogen and oxygen atoms in total. The lowest BCUT2D eigenvalue weighted by molar-refractivity contribution is 0.601. The molecule has 3 aromatic rings. The molecule has 2 heterocycles. The van der Waals surface area contributed by atoms with Crippen LogP contribution in [0.25, 0.3) is 11.3 Å². The fourth-order valence-corrected chi connectivity index (χ4v) is 3.73. The Labute approximate surface area is 157 Å². The molecule has 0 fully saturated rings. The predicted octanol–water partition coefficient (Wildman–Crippen LogP) is 2.94. The lowest BCUT2D eigenvalue weighted by Gasteiger charge is -2.10. The van der Waals surface area contributed by atoms with Crippen molar-refractivity contribution in [1.82, 2.24) is 9.55 Å². The fraction of sp³-hybridized carbons (Fsp3) is 0.105. The SMILES string of the molecule is Cc1cc(NS(=O)(=O)c2ccn(C)c2)cc(-c2ccc(C#N)c(C#N)n2)c1. The van der Waals surface area contributed by atoms with Gasteiger partial charge in [-0.25, -0.2) is 13.4 Å². The van der Waals surface area contributed by atoms with E-state index in [1.165, 1.54) is 18.3 Å². The molecule has 0 saturated carbocycles. The van der Waals surface area contributed by atoms with Gasteiger partial charge in [-0.3, -0.25) is 4.72 Å². The summed E-state index contributed by atoms with van der Waals surface area (Å²) in [6, 6.07) is 13.7. The van der Waals surface area contributed by atoms with Crippen LogP contribution in [-0.2, 0) is 17.1 Å². The first-order valence-corrected chi connectivity index (χ1v) is 9.39. The van der Waals surface area contributed by atoms with E-state index in [-0.39, 0.29) is 16.2 Å². The van der Waals surface area contributed by atoms with Crippen LogP contribution in [-0.4, -0.2) is 18.0 Å². The Hall–Kier alpha value is -3.62. The summed E-state index contributed by atoms with van der Waals surface area (Å²) in [5.74, 6) is 0. The molecule has 0 aliphatic carbocycles. The van der Waals surface area contributed by atoms with E-state index >= 15 is 0 Å². The summed E-state index contributed by atoms with van der Waals surface area (Å²) in [5, 5.41) is 18.2. The molecule has 1 aromatic carbocycles. The van der Waals surface area contributed by atoms with Crippen LogP contribution in [0, 0.1) is 29.6 Å². The molecule has 27 heavy (non-hydrogen) atoms. The maximum Gasteiger partial charge on any atom is 0.263 e. The van der Waals surface area contributed by atoms with Crippen molar-refractivity contribution >= 4 is 15.7 Å². The molecule has 0 bridgehead atoms. The van der Waals surface area contributed by atoms with Crippen LogP contribution >= 0.6 is 0 Å². The molecule has 0 amide bonds. The van der Waals surface area contributed by atoms with E-state index < -0.39 is 10.0 Å².